The van der Waals surface area contributed by atoms with Crippen molar-refractivity contribution in [2.24, 2.45) is 0 Å². The Morgan fingerprint density at radius 2 is 2.04 bits per heavy atom. The van der Waals surface area contributed by atoms with Crippen molar-refractivity contribution < 1.29 is 19.1 Å². The highest BCUT2D eigenvalue weighted by atomic mass is 16.3. The van der Waals surface area contributed by atoms with Gasteiger partial charge in [0.2, 0.25) is 5.91 Å². The molecular weight excluding hydrogens is 320 g/mol. The lowest BCUT2D eigenvalue weighted by atomic mass is 10.0. The zero-order valence-corrected chi connectivity index (χ0v) is 13.9. The van der Waals surface area contributed by atoms with Crippen molar-refractivity contribution in [3.05, 3.63) is 60.1 Å². The first-order valence-electron chi connectivity index (χ1n) is 8.48. The minimum atomic E-state index is -0.703. The number of carbonyl (C=O) groups is 2. The van der Waals surface area contributed by atoms with Crippen LogP contribution in [0.3, 0.4) is 0 Å². The molecule has 2 amide bonds. The maximum Gasteiger partial charge on any atom is 0.287 e. The molecule has 2 aromatic rings. The van der Waals surface area contributed by atoms with Crippen molar-refractivity contribution in [3.8, 4) is 0 Å². The van der Waals surface area contributed by atoms with E-state index in [1.165, 1.54) is 6.26 Å². The maximum absolute atomic E-state index is 12.9. The summed E-state index contributed by atoms with van der Waals surface area (Å²) in [5.74, 6) is -0.427. The normalized spacial score (nSPS) is 18.6. The second-order valence-corrected chi connectivity index (χ2v) is 6.27. The molecule has 6 nitrogen and oxygen atoms in total. The number of hydrogen-bond acceptors (Lipinski definition) is 4. The van der Waals surface area contributed by atoms with Crippen LogP contribution in [0.25, 0.3) is 0 Å². The van der Waals surface area contributed by atoms with Crippen molar-refractivity contribution in [1.82, 2.24) is 10.2 Å². The van der Waals surface area contributed by atoms with E-state index < -0.39 is 18.1 Å². The van der Waals surface area contributed by atoms with Crippen LogP contribution in [-0.4, -0.2) is 47.1 Å². The Kier molecular flexibility index (Phi) is 5.50. The van der Waals surface area contributed by atoms with Crippen molar-refractivity contribution in [2.75, 3.05) is 13.1 Å². The van der Waals surface area contributed by atoms with Gasteiger partial charge in [-0.25, -0.2) is 0 Å². The summed E-state index contributed by atoms with van der Waals surface area (Å²) in [6.45, 7) is 0.901. The van der Waals surface area contributed by atoms with Crippen LogP contribution < -0.4 is 5.32 Å². The molecule has 132 valence electrons. The molecule has 0 radical (unpaired) electrons. The van der Waals surface area contributed by atoms with Gasteiger partial charge in [-0.2, -0.15) is 0 Å². The fourth-order valence-corrected chi connectivity index (χ4v) is 3.06. The first-order valence-corrected chi connectivity index (χ1v) is 8.48. The number of rotatable bonds is 5. The molecule has 25 heavy (non-hydrogen) atoms. The van der Waals surface area contributed by atoms with Crippen molar-refractivity contribution in [3.63, 3.8) is 0 Å². The SMILES string of the molecule is O=C(NC(Cc1ccccc1)C(=O)N1CCCC(O)C1)c1ccco1. The van der Waals surface area contributed by atoms with Crippen LogP contribution in [0, 0.1) is 0 Å². The lowest BCUT2D eigenvalue weighted by molar-refractivity contribution is -0.136. The van der Waals surface area contributed by atoms with Gasteiger partial charge in [0, 0.05) is 19.5 Å². The number of carbonyl (C=O) groups excluding carboxylic acids is 2. The molecule has 6 heteroatoms. The van der Waals surface area contributed by atoms with E-state index in [1.807, 2.05) is 30.3 Å². The Morgan fingerprint density at radius 1 is 1.24 bits per heavy atom. The van der Waals surface area contributed by atoms with Gasteiger partial charge < -0.3 is 19.7 Å². The standard InChI is InChI=1S/C19H22N2O4/c22-15-8-4-10-21(13-15)19(24)16(12-14-6-2-1-3-7-14)20-18(23)17-9-5-11-25-17/h1-3,5-7,9,11,15-16,22H,4,8,10,12-13H2,(H,20,23). The number of nitrogens with zero attached hydrogens (tertiary/aromatic N) is 1. The molecule has 0 bridgehead atoms. The van der Waals surface area contributed by atoms with Gasteiger partial charge in [-0.3, -0.25) is 9.59 Å². The first kappa shape index (κ1) is 17.2. The van der Waals surface area contributed by atoms with Crippen molar-refractivity contribution in [2.45, 2.75) is 31.4 Å². The van der Waals surface area contributed by atoms with Crippen LogP contribution in [-0.2, 0) is 11.2 Å². The molecule has 1 aromatic heterocycles. The molecule has 1 fully saturated rings. The monoisotopic (exact) mass is 342 g/mol. The molecule has 2 heterocycles. The van der Waals surface area contributed by atoms with Gasteiger partial charge in [0.1, 0.15) is 6.04 Å². The molecule has 1 aromatic carbocycles. The second-order valence-electron chi connectivity index (χ2n) is 6.27. The summed E-state index contributed by atoms with van der Waals surface area (Å²) in [5.41, 5.74) is 0.957. The predicted molar refractivity (Wildman–Crippen MR) is 91.9 cm³/mol. The zero-order valence-electron chi connectivity index (χ0n) is 13.9. The zero-order chi connectivity index (χ0) is 17.6. The largest absolute Gasteiger partial charge is 0.459 e. The molecule has 2 N–H and O–H groups in total. The van der Waals surface area contributed by atoms with Gasteiger partial charge in [-0.15, -0.1) is 0 Å². The summed E-state index contributed by atoms with van der Waals surface area (Å²) in [5, 5.41) is 12.6. The number of β-amino-alcohol motifs (C(OH)–C–C–N with tert-alkyl or cyclic N) is 1. The van der Waals surface area contributed by atoms with Crippen LogP contribution in [0.15, 0.2) is 53.1 Å². The lowest BCUT2D eigenvalue weighted by Crippen LogP contribution is -2.53. The highest BCUT2D eigenvalue weighted by Crippen LogP contribution is 2.14. The number of furan rings is 1. The number of aliphatic hydroxyl groups excluding tert-OH is 1. The van der Waals surface area contributed by atoms with Crippen LogP contribution in [0.5, 0.6) is 0 Å². The van der Waals surface area contributed by atoms with Crippen LogP contribution in [0.1, 0.15) is 29.0 Å². The third-order valence-corrected chi connectivity index (χ3v) is 4.34. The second kappa shape index (κ2) is 7.98. The van der Waals surface area contributed by atoms with E-state index in [2.05, 4.69) is 5.32 Å². The first-order chi connectivity index (χ1) is 12.1. The minimum absolute atomic E-state index is 0.171. The summed E-state index contributed by atoms with van der Waals surface area (Å²) in [7, 11) is 0. The Labute approximate surface area is 146 Å². The third kappa shape index (κ3) is 4.48. The van der Waals surface area contributed by atoms with E-state index in [1.54, 1.807) is 17.0 Å². The molecule has 2 unspecified atom stereocenters. The van der Waals surface area contributed by atoms with E-state index in [9.17, 15) is 14.7 Å². The molecular formula is C19H22N2O4. The van der Waals surface area contributed by atoms with E-state index >= 15 is 0 Å². The Bertz CT molecular complexity index is 699. The van der Waals surface area contributed by atoms with E-state index in [0.29, 0.717) is 25.9 Å². The topological polar surface area (TPSA) is 82.8 Å². The predicted octanol–water partition coefficient (Wildman–Crippen LogP) is 1.60. The summed E-state index contributed by atoms with van der Waals surface area (Å²) >= 11 is 0. The Balaban J connectivity index is 1.75. The molecule has 1 saturated heterocycles. The van der Waals surface area contributed by atoms with Crippen LogP contribution >= 0.6 is 0 Å². The number of likely N-dealkylation sites (tertiary alicyclic amines) is 1. The molecule has 2 atom stereocenters. The minimum Gasteiger partial charge on any atom is -0.459 e. The van der Waals surface area contributed by atoms with Gasteiger partial charge in [0.25, 0.3) is 5.91 Å². The summed E-state index contributed by atoms with van der Waals surface area (Å²) in [4.78, 5) is 26.9. The number of amides is 2. The van der Waals surface area contributed by atoms with Gasteiger partial charge in [-0.05, 0) is 30.5 Å². The molecule has 0 aliphatic carbocycles. The average molecular weight is 342 g/mol. The van der Waals surface area contributed by atoms with E-state index in [4.69, 9.17) is 4.42 Å². The molecule has 0 spiro atoms. The maximum atomic E-state index is 12.9. The quantitative estimate of drug-likeness (QED) is 0.865. The summed E-state index contributed by atoms with van der Waals surface area (Å²) < 4.78 is 5.11. The van der Waals surface area contributed by atoms with Crippen LogP contribution in [0.2, 0.25) is 0 Å². The van der Waals surface area contributed by atoms with Gasteiger partial charge >= 0.3 is 0 Å². The molecule has 3 rings (SSSR count). The average Bonchev–Trinajstić information content (AvgIpc) is 3.16. The number of piperidine rings is 1. The number of nitrogens with one attached hydrogen (secondary N) is 1. The Morgan fingerprint density at radius 3 is 2.72 bits per heavy atom. The lowest BCUT2D eigenvalue weighted by Gasteiger charge is -2.33. The molecule has 1 aliphatic rings. The molecule has 1 aliphatic heterocycles. The molecule has 0 saturated carbocycles. The smallest absolute Gasteiger partial charge is 0.287 e. The highest BCUT2D eigenvalue weighted by Gasteiger charge is 2.30. The van der Waals surface area contributed by atoms with E-state index in [-0.39, 0.29) is 11.7 Å². The van der Waals surface area contributed by atoms with E-state index in [0.717, 1.165) is 12.0 Å². The van der Waals surface area contributed by atoms with Crippen LogP contribution in [0.4, 0.5) is 0 Å². The fourth-order valence-electron chi connectivity index (χ4n) is 3.06. The fraction of sp³-hybridized carbons (Fsp3) is 0.368. The Hall–Kier alpha value is -2.60. The van der Waals surface area contributed by atoms with Crippen molar-refractivity contribution in [1.29, 1.82) is 0 Å². The highest BCUT2D eigenvalue weighted by molar-refractivity contribution is 5.95. The number of aliphatic hydroxyl groups is 1. The van der Waals surface area contributed by atoms with Gasteiger partial charge in [0.05, 0.1) is 12.4 Å². The number of benzene rings is 1. The summed E-state index contributed by atoms with van der Waals surface area (Å²) in [6.07, 6.45) is 2.77. The van der Waals surface area contributed by atoms with Gasteiger partial charge in [0.15, 0.2) is 5.76 Å². The van der Waals surface area contributed by atoms with Gasteiger partial charge in [-0.1, -0.05) is 30.3 Å². The third-order valence-electron chi connectivity index (χ3n) is 4.34. The summed E-state index contributed by atoms with van der Waals surface area (Å²) in [6, 6.07) is 12.0. The number of hydrogen-bond donors (Lipinski definition) is 2. The van der Waals surface area contributed by atoms with Crippen molar-refractivity contribution >= 4 is 11.8 Å².